The van der Waals surface area contributed by atoms with Gasteiger partial charge in [0.15, 0.2) is 5.82 Å². The molecule has 1 aromatic heterocycles. The summed E-state index contributed by atoms with van der Waals surface area (Å²) in [5.41, 5.74) is 2.94. The summed E-state index contributed by atoms with van der Waals surface area (Å²) in [5, 5.41) is 6.07. The second kappa shape index (κ2) is 9.66. The third-order valence-electron chi connectivity index (χ3n) is 5.14. The van der Waals surface area contributed by atoms with E-state index in [1.165, 1.54) is 6.42 Å². The highest BCUT2D eigenvalue weighted by molar-refractivity contribution is 6.32. The SMILES string of the molecule is COc1ccc(NC(=O)Nc2cccc(-c3nccnc3N3CCCCC3)c2)cc1Cl. The molecule has 7 nitrogen and oxygen atoms in total. The Balaban J connectivity index is 1.50. The lowest BCUT2D eigenvalue weighted by Crippen LogP contribution is -2.30. The van der Waals surface area contributed by atoms with Crippen LogP contribution in [0, 0.1) is 0 Å². The van der Waals surface area contributed by atoms with E-state index in [0.717, 1.165) is 43.0 Å². The van der Waals surface area contributed by atoms with Gasteiger partial charge in [-0.15, -0.1) is 0 Å². The van der Waals surface area contributed by atoms with E-state index in [4.69, 9.17) is 16.3 Å². The molecule has 1 saturated heterocycles. The molecule has 2 heterocycles. The quantitative estimate of drug-likeness (QED) is 0.555. The maximum absolute atomic E-state index is 12.5. The van der Waals surface area contributed by atoms with Gasteiger partial charge in [0.2, 0.25) is 0 Å². The summed E-state index contributed by atoms with van der Waals surface area (Å²) in [6.45, 7) is 1.97. The lowest BCUT2D eigenvalue weighted by Gasteiger charge is -2.28. The van der Waals surface area contributed by atoms with Crippen molar-refractivity contribution in [2.45, 2.75) is 19.3 Å². The minimum Gasteiger partial charge on any atom is -0.495 e. The first-order chi connectivity index (χ1) is 15.1. The predicted molar refractivity (Wildman–Crippen MR) is 124 cm³/mol. The van der Waals surface area contributed by atoms with E-state index in [1.54, 1.807) is 37.7 Å². The van der Waals surface area contributed by atoms with Crippen LogP contribution in [0.15, 0.2) is 54.9 Å². The molecule has 0 radical (unpaired) electrons. The molecule has 3 aromatic rings. The summed E-state index contributed by atoms with van der Waals surface area (Å²) in [6, 6.07) is 12.3. The minimum absolute atomic E-state index is 0.367. The Morgan fingerprint density at radius 1 is 1.00 bits per heavy atom. The maximum atomic E-state index is 12.5. The van der Waals surface area contributed by atoms with E-state index < -0.39 is 0 Å². The Labute approximate surface area is 186 Å². The lowest BCUT2D eigenvalue weighted by atomic mass is 10.1. The molecule has 0 atom stereocenters. The Hall–Kier alpha value is -3.32. The fraction of sp³-hybridized carbons (Fsp3) is 0.261. The van der Waals surface area contributed by atoms with Gasteiger partial charge in [-0.05, 0) is 49.6 Å². The number of nitrogens with zero attached hydrogens (tertiary/aromatic N) is 3. The highest BCUT2D eigenvalue weighted by Crippen LogP contribution is 2.30. The number of halogens is 1. The van der Waals surface area contributed by atoms with Crippen molar-refractivity contribution in [3.8, 4) is 17.0 Å². The molecule has 1 aliphatic rings. The zero-order valence-electron chi connectivity index (χ0n) is 17.3. The van der Waals surface area contributed by atoms with E-state index in [1.807, 2.05) is 24.3 Å². The summed E-state index contributed by atoms with van der Waals surface area (Å²) < 4.78 is 5.13. The normalized spacial score (nSPS) is 13.5. The summed E-state index contributed by atoms with van der Waals surface area (Å²) >= 11 is 6.13. The number of carbonyl (C=O) groups excluding carboxylic acids is 1. The van der Waals surface area contributed by atoms with Crippen LogP contribution in [0.5, 0.6) is 5.75 Å². The van der Waals surface area contributed by atoms with E-state index in [2.05, 4.69) is 25.5 Å². The number of anilines is 3. The number of urea groups is 1. The molecular formula is C23H24ClN5O2. The number of ether oxygens (including phenoxy) is 1. The van der Waals surface area contributed by atoms with Crippen molar-refractivity contribution < 1.29 is 9.53 Å². The third kappa shape index (κ3) is 5.06. The van der Waals surface area contributed by atoms with Crippen LogP contribution in [0.4, 0.5) is 22.0 Å². The van der Waals surface area contributed by atoms with E-state index >= 15 is 0 Å². The highest BCUT2D eigenvalue weighted by Gasteiger charge is 2.18. The molecule has 2 aromatic carbocycles. The number of benzene rings is 2. The van der Waals surface area contributed by atoms with Crippen molar-refractivity contribution in [3.05, 3.63) is 59.9 Å². The third-order valence-corrected chi connectivity index (χ3v) is 5.43. The Morgan fingerprint density at radius 3 is 2.48 bits per heavy atom. The highest BCUT2D eigenvalue weighted by atomic mass is 35.5. The second-order valence-corrected chi connectivity index (χ2v) is 7.69. The Bertz CT molecular complexity index is 1070. The zero-order chi connectivity index (χ0) is 21.6. The summed E-state index contributed by atoms with van der Waals surface area (Å²) in [7, 11) is 1.54. The molecule has 160 valence electrons. The van der Waals surface area contributed by atoms with Gasteiger partial charge >= 0.3 is 6.03 Å². The molecule has 0 saturated carbocycles. The van der Waals surface area contributed by atoms with Gasteiger partial charge in [0.25, 0.3) is 0 Å². The number of nitrogens with one attached hydrogen (secondary N) is 2. The Kier molecular flexibility index (Phi) is 6.52. The van der Waals surface area contributed by atoms with Gasteiger partial charge in [-0.3, -0.25) is 4.98 Å². The van der Waals surface area contributed by atoms with Gasteiger partial charge in [0.05, 0.1) is 12.1 Å². The van der Waals surface area contributed by atoms with Gasteiger partial charge in [-0.25, -0.2) is 9.78 Å². The van der Waals surface area contributed by atoms with Crippen LogP contribution in [0.3, 0.4) is 0 Å². The van der Waals surface area contributed by atoms with Crippen LogP contribution >= 0.6 is 11.6 Å². The average Bonchev–Trinajstić information content (AvgIpc) is 2.80. The number of piperidine rings is 1. The van der Waals surface area contributed by atoms with Crippen LogP contribution in [-0.2, 0) is 0 Å². The van der Waals surface area contributed by atoms with Crippen molar-refractivity contribution in [1.82, 2.24) is 9.97 Å². The fourth-order valence-corrected chi connectivity index (χ4v) is 3.91. The van der Waals surface area contributed by atoms with Crippen molar-refractivity contribution >= 4 is 34.8 Å². The average molecular weight is 438 g/mol. The molecule has 0 unspecified atom stereocenters. The van der Waals surface area contributed by atoms with Gasteiger partial charge in [-0.1, -0.05) is 23.7 Å². The van der Waals surface area contributed by atoms with Crippen molar-refractivity contribution in [3.63, 3.8) is 0 Å². The van der Waals surface area contributed by atoms with E-state index in [9.17, 15) is 4.79 Å². The summed E-state index contributed by atoms with van der Waals surface area (Å²) in [4.78, 5) is 23.9. The van der Waals surface area contributed by atoms with Crippen LogP contribution in [0.1, 0.15) is 19.3 Å². The zero-order valence-corrected chi connectivity index (χ0v) is 18.0. The first-order valence-corrected chi connectivity index (χ1v) is 10.6. The largest absolute Gasteiger partial charge is 0.495 e. The molecule has 4 rings (SSSR count). The van der Waals surface area contributed by atoms with Crippen LogP contribution in [-0.4, -0.2) is 36.2 Å². The lowest BCUT2D eigenvalue weighted by molar-refractivity contribution is 0.262. The summed E-state index contributed by atoms with van der Waals surface area (Å²) in [5.74, 6) is 1.44. The molecule has 8 heteroatoms. The van der Waals surface area contributed by atoms with Gasteiger partial charge in [0, 0.05) is 42.4 Å². The molecular weight excluding hydrogens is 414 g/mol. The monoisotopic (exact) mass is 437 g/mol. The van der Waals surface area contributed by atoms with Gasteiger partial charge < -0.3 is 20.3 Å². The van der Waals surface area contributed by atoms with Crippen molar-refractivity contribution in [1.29, 1.82) is 0 Å². The molecule has 2 N–H and O–H groups in total. The standard InChI is InChI=1S/C23H24ClN5O2/c1-31-20-9-8-18(15-19(20)24)28-23(30)27-17-7-5-6-16(14-17)21-22(26-11-10-25-21)29-12-3-2-4-13-29/h5-11,14-15H,2-4,12-13H2,1H3,(H2,27,28,30). The van der Waals surface area contributed by atoms with Crippen LogP contribution in [0.2, 0.25) is 5.02 Å². The first-order valence-electron chi connectivity index (χ1n) is 10.2. The molecule has 1 fully saturated rings. The molecule has 0 bridgehead atoms. The van der Waals surface area contributed by atoms with Crippen LogP contribution in [0.25, 0.3) is 11.3 Å². The number of amides is 2. The molecule has 1 aliphatic heterocycles. The van der Waals surface area contributed by atoms with Crippen LogP contribution < -0.4 is 20.3 Å². The summed E-state index contributed by atoms with van der Waals surface area (Å²) in [6.07, 6.45) is 6.99. The van der Waals surface area contributed by atoms with Crippen molar-refractivity contribution in [2.75, 3.05) is 35.7 Å². The second-order valence-electron chi connectivity index (χ2n) is 7.29. The van der Waals surface area contributed by atoms with Crippen molar-refractivity contribution in [2.24, 2.45) is 0 Å². The van der Waals surface area contributed by atoms with Gasteiger partial charge in [-0.2, -0.15) is 0 Å². The Morgan fingerprint density at radius 2 is 1.74 bits per heavy atom. The topological polar surface area (TPSA) is 79.4 Å². The number of rotatable bonds is 5. The smallest absolute Gasteiger partial charge is 0.323 e. The number of hydrogen-bond acceptors (Lipinski definition) is 5. The molecule has 2 amide bonds. The number of hydrogen-bond donors (Lipinski definition) is 2. The molecule has 0 spiro atoms. The van der Waals surface area contributed by atoms with E-state index in [0.29, 0.717) is 22.1 Å². The molecule has 31 heavy (non-hydrogen) atoms. The fourth-order valence-electron chi connectivity index (χ4n) is 3.65. The molecule has 0 aliphatic carbocycles. The minimum atomic E-state index is -0.367. The number of aromatic nitrogens is 2. The predicted octanol–water partition coefficient (Wildman–Crippen LogP) is 5.44. The van der Waals surface area contributed by atoms with E-state index in [-0.39, 0.29) is 6.03 Å². The number of carbonyl (C=O) groups is 1. The first kappa shape index (κ1) is 20.9. The maximum Gasteiger partial charge on any atom is 0.323 e. The number of methoxy groups -OCH3 is 1. The van der Waals surface area contributed by atoms with Gasteiger partial charge in [0.1, 0.15) is 11.4 Å².